The number of aliphatic imine (C=N–C) groups is 1. The first-order valence-electron chi connectivity index (χ1n) is 9.39. The number of hydrogen-bond donors (Lipinski definition) is 2. The van der Waals surface area contributed by atoms with Crippen LogP contribution < -0.4 is 10.6 Å². The molecule has 0 unspecified atom stereocenters. The van der Waals surface area contributed by atoms with Crippen LogP contribution in [0.25, 0.3) is 0 Å². The van der Waals surface area contributed by atoms with E-state index in [1.807, 2.05) is 16.9 Å². The van der Waals surface area contributed by atoms with Crippen LogP contribution >= 0.6 is 24.0 Å². The van der Waals surface area contributed by atoms with Gasteiger partial charge >= 0.3 is 0 Å². The van der Waals surface area contributed by atoms with Crippen molar-refractivity contribution < 1.29 is 9.47 Å². The smallest absolute Gasteiger partial charge is 0.191 e. The number of guanidine groups is 1. The molecule has 0 spiro atoms. The third kappa shape index (κ3) is 9.52. The lowest BCUT2D eigenvalue weighted by molar-refractivity contribution is 0.0689. The number of nitrogens with one attached hydrogen (secondary N) is 2. The lowest BCUT2D eigenvalue weighted by Gasteiger charge is -2.14. The average molecular weight is 501 g/mol. The Morgan fingerprint density at radius 3 is 2.61 bits per heavy atom. The summed E-state index contributed by atoms with van der Waals surface area (Å²) in [6.07, 6.45) is 5.82. The number of benzene rings is 1. The summed E-state index contributed by atoms with van der Waals surface area (Å²) in [5, 5.41) is 11.0. The van der Waals surface area contributed by atoms with Gasteiger partial charge in [0, 0.05) is 46.2 Å². The molecule has 28 heavy (non-hydrogen) atoms. The molecule has 1 aromatic heterocycles. The van der Waals surface area contributed by atoms with E-state index in [1.165, 1.54) is 11.1 Å². The Labute approximate surface area is 184 Å². The van der Waals surface area contributed by atoms with Gasteiger partial charge in [0.15, 0.2) is 5.96 Å². The normalized spacial score (nSPS) is 11.1. The SMILES string of the molecule is CN=C(NCCCCOCCOC)NCc1ccccc1Cn1cccn1.I. The van der Waals surface area contributed by atoms with Gasteiger partial charge in [-0.25, -0.2) is 0 Å². The average Bonchev–Trinajstić information content (AvgIpc) is 3.20. The topological polar surface area (TPSA) is 72.7 Å². The predicted molar refractivity (Wildman–Crippen MR) is 123 cm³/mol. The van der Waals surface area contributed by atoms with Gasteiger partial charge in [0.1, 0.15) is 0 Å². The summed E-state index contributed by atoms with van der Waals surface area (Å²) in [6, 6.07) is 10.3. The molecule has 0 saturated heterocycles. The highest BCUT2D eigenvalue weighted by Crippen LogP contribution is 2.10. The van der Waals surface area contributed by atoms with Gasteiger partial charge in [0.05, 0.1) is 19.8 Å². The summed E-state index contributed by atoms with van der Waals surface area (Å²) in [7, 11) is 3.47. The van der Waals surface area contributed by atoms with E-state index in [9.17, 15) is 0 Å². The summed E-state index contributed by atoms with van der Waals surface area (Å²) in [4.78, 5) is 4.30. The van der Waals surface area contributed by atoms with E-state index in [0.717, 1.165) is 45.0 Å². The zero-order chi connectivity index (χ0) is 19.2. The first kappa shape index (κ1) is 24.4. The summed E-state index contributed by atoms with van der Waals surface area (Å²) in [5.74, 6) is 0.809. The second-order valence-electron chi connectivity index (χ2n) is 6.14. The summed E-state index contributed by atoms with van der Waals surface area (Å²) in [5.41, 5.74) is 2.49. The predicted octanol–water partition coefficient (Wildman–Crippen LogP) is 2.66. The van der Waals surface area contributed by atoms with Crippen LogP contribution in [0.4, 0.5) is 0 Å². The molecule has 2 rings (SSSR count). The van der Waals surface area contributed by atoms with Crippen molar-refractivity contribution in [1.82, 2.24) is 20.4 Å². The van der Waals surface area contributed by atoms with Crippen LogP contribution in [0.3, 0.4) is 0 Å². The molecule has 1 heterocycles. The number of nitrogens with zero attached hydrogens (tertiary/aromatic N) is 3. The van der Waals surface area contributed by atoms with Gasteiger partial charge in [0.25, 0.3) is 0 Å². The maximum absolute atomic E-state index is 5.46. The second-order valence-corrected chi connectivity index (χ2v) is 6.14. The van der Waals surface area contributed by atoms with Gasteiger partial charge < -0.3 is 20.1 Å². The highest BCUT2D eigenvalue weighted by molar-refractivity contribution is 14.0. The highest BCUT2D eigenvalue weighted by Gasteiger charge is 2.04. The van der Waals surface area contributed by atoms with Crippen LogP contribution in [-0.2, 0) is 22.6 Å². The van der Waals surface area contributed by atoms with Crippen LogP contribution in [0.5, 0.6) is 0 Å². The largest absolute Gasteiger partial charge is 0.382 e. The maximum atomic E-state index is 5.46. The van der Waals surface area contributed by atoms with Gasteiger partial charge in [-0.3, -0.25) is 9.67 Å². The Bertz CT molecular complexity index is 664. The Kier molecular flexibility index (Phi) is 13.3. The molecule has 0 saturated carbocycles. The Hall–Kier alpha value is -1.65. The fourth-order valence-electron chi connectivity index (χ4n) is 2.63. The van der Waals surface area contributed by atoms with Gasteiger partial charge in [-0.15, -0.1) is 24.0 Å². The fourth-order valence-corrected chi connectivity index (χ4v) is 2.63. The summed E-state index contributed by atoms with van der Waals surface area (Å²) < 4.78 is 12.3. The number of unbranched alkanes of at least 4 members (excludes halogenated alkanes) is 1. The van der Waals surface area contributed by atoms with Gasteiger partial charge in [0.2, 0.25) is 0 Å². The van der Waals surface area contributed by atoms with Crippen molar-refractivity contribution in [2.24, 2.45) is 4.99 Å². The zero-order valence-corrected chi connectivity index (χ0v) is 19.1. The number of rotatable bonds is 12. The Morgan fingerprint density at radius 1 is 1.07 bits per heavy atom. The van der Waals surface area contributed by atoms with E-state index >= 15 is 0 Å². The minimum atomic E-state index is 0. The molecule has 0 aliphatic carbocycles. The maximum Gasteiger partial charge on any atom is 0.191 e. The molecule has 0 radical (unpaired) electrons. The molecule has 8 heteroatoms. The van der Waals surface area contributed by atoms with Crippen LogP contribution in [-0.4, -0.2) is 56.3 Å². The molecule has 0 fully saturated rings. The molecule has 0 atom stereocenters. The minimum absolute atomic E-state index is 0. The standard InChI is InChI=1S/C20H31N5O2.HI/c1-21-20(22-10-5-6-13-27-15-14-26-2)23-16-18-8-3-4-9-19(18)17-25-12-7-11-24-25;/h3-4,7-9,11-12H,5-6,10,13-17H2,1-2H3,(H2,21,22,23);1H. The zero-order valence-electron chi connectivity index (χ0n) is 16.8. The first-order valence-corrected chi connectivity index (χ1v) is 9.39. The Balaban J connectivity index is 0.00000392. The molecular formula is C20H32IN5O2. The quantitative estimate of drug-likeness (QED) is 0.203. The molecule has 0 amide bonds. The molecule has 0 bridgehead atoms. The fraction of sp³-hybridized carbons (Fsp3) is 0.500. The number of methoxy groups -OCH3 is 1. The van der Waals surface area contributed by atoms with Crippen LogP contribution in [0.2, 0.25) is 0 Å². The molecular weight excluding hydrogens is 469 g/mol. The third-order valence-corrected chi connectivity index (χ3v) is 4.12. The molecule has 7 nitrogen and oxygen atoms in total. The van der Waals surface area contributed by atoms with E-state index < -0.39 is 0 Å². The number of aromatic nitrogens is 2. The first-order chi connectivity index (χ1) is 13.3. The number of ether oxygens (including phenoxy) is 2. The highest BCUT2D eigenvalue weighted by atomic mass is 127. The molecule has 0 aliphatic rings. The Morgan fingerprint density at radius 2 is 1.89 bits per heavy atom. The van der Waals surface area contributed by atoms with E-state index in [0.29, 0.717) is 13.2 Å². The van der Waals surface area contributed by atoms with Crippen molar-refractivity contribution in [3.63, 3.8) is 0 Å². The van der Waals surface area contributed by atoms with Crippen molar-refractivity contribution >= 4 is 29.9 Å². The molecule has 2 N–H and O–H groups in total. The van der Waals surface area contributed by atoms with Crippen molar-refractivity contribution in [3.8, 4) is 0 Å². The van der Waals surface area contributed by atoms with Gasteiger partial charge in [-0.1, -0.05) is 24.3 Å². The van der Waals surface area contributed by atoms with Crippen LogP contribution in [0, 0.1) is 0 Å². The van der Waals surface area contributed by atoms with E-state index in [2.05, 4.69) is 45.0 Å². The minimum Gasteiger partial charge on any atom is -0.382 e. The van der Waals surface area contributed by atoms with Gasteiger partial charge in [-0.2, -0.15) is 5.10 Å². The molecule has 1 aromatic carbocycles. The number of hydrogen-bond acceptors (Lipinski definition) is 4. The van der Waals surface area contributed by atoms with Crippen molar-refractivity contribution in [3.05, 3.63) is 53.9 Å². The van der Waals surface area contributed by atoms with Crippen molar-refractivity contribution in [2.45, 2.75) is 25.9 Å². The van der Waals surface area contributed by atoms with Crippen molar-refractivity contribution in [2.75, 3.05) is 40.5 Å². The molecule has 156 valence electrons. The van der Waals surface area contributed by atoms with E-state index in [4.69, 9.17) is 9.47 Å². The second kappa shape index (κ2) is 15.3. The lowest BCUT2D eigenvalue weighted by atomic mass is 10.1. The van der Waals surface area contributed by atoms with Crippen LogP contribution in [0.15, 0.2) is 47.7 Å². The van der Waals surface area contributed by atoms with E-state index in [-0.39, 0.29) is 24.0 Å². The van der Waals surface area contributed by atoms with Gasteiger partial charge in [-0.05, 0) is 30.0 Å². The summed E-state index contributed by atoms with van der Waals surface area (Å²) in [6.45, 7) is 4.42. The molecule has 2 aromatic rings. The lowest BCUT2D eigenvalue weighted by Crippen LogP contribution is -2.37. The van der Waals surface area contributed by atoms with Crippen molar-refractivity contribution in [1.29, 1.82) is 0 Å². The number of halogens is 1. The monoisotopic (exact) mass is 501 g/mol. The summed E-state index contributed by atoms with van der Waals surface area (Å²) >= 11 is 0. The third-order valence-electron chi connectivity index (χ3n) is 4.12. The van der Waals surface area contributed by atoms with Crippen LogP contribution in [0.1, 0.15) is 24.0 Å². The molecule has 0 aliphatic heterocycles. The van der Waals surface area contributed by atoms with E-state index in [1.54, 1.807) is 20.4 Å².